The van der Waals surface area contributed by atoms with Gasteiger partial charge in [0, 0.05) is 37.3 Å². The summed E-state index contributed by atoms with van der Waals surface area (Å²) in [7, 11) is -0.830. The number of pyridine rings is 1. The molecule has 0 radical (unpaired) electrons. The predicted octanol–water partition coefficient (Wildman–Crippen LogP) is 5.31. The van der Waals surface area contributed by atoms with E-state index in [0.29, 0.717) is 27.8 Å². The summed E-state index contributed by atoms with van der Waals surface area (Å²) in [5.41, 5.74) is 2.61. The van der Waals surface area contributed by atoms with Crippen LogP contribution >= 0.6 is 0 Å². The van der Waals surface area contributed by atoms with Crippen LogP contribution < -0.4 is 18.7 Å². The summed E-state index contributed by atoms with van der Waals surface area (Å²) in [5, 5.41) is 0.460. The maximum absolute atomic E-state index is 14.7. The number of anilines is 2. The fourth-order valence-electron chi connectivity index (χ4n) is 6.28. The first-order valence-corrected chi connectivity index (χ1v) is 17.0. The van der Waals surface area contributed by atoms with E-state index in [1.807, 2.05) is 12.1 Å². The molecule has 3 amide bonds. The number of carbonyl (C=O) groups is 3. The number of rotatable bonds is 9. The van der Waals surface area contributed by atoms with Gasteiger partial charge in [0.1, 0.15) is 23.7 Å². The topological polar surface area (TPSA) is 126 Å². The number of nitrogens with zero attached hydrogens (tertiary/aromatic N) is 4. The zero-order chi connectivity index (χ0) is 34.6. The second kappa shape index (κ2) is 12.0. The Balaban J connectivity index is 1.32. The first-order valence-electron chi connectivity index (χ1n) is 15.2. The summed E-state index contributed by atoms with van der Waals surface area (Å²) in [6.07, 6.45) is 2.60. The van der Waals surface area contributed by atoms with E-state index in [1.54, 1.807) is 43.5 Å². The van der Waals surface area contributed by atoms with Crippen LogP contribution in [-0.4, -0.2) is 56.4 Å². The third-order valence-electron chi connectivity index (χ3n) is 8.74. The van der Waals surface area contributed by atoms with Gasteiger partial charge in [0.15, 0.2) is 5.75 Å². The van der Waals surface area contributed by atoms with Crippen molar-refractivity contribution in [2.24, 2.45) is 0 Å². The molecule has 0 bridgehead atoms. The van der Waals surface area contributed by atoms with Gasteiger partial charge in [0.2, 0.25) is 10.0 Å². The SMILES string of the molecule is COc1ccc(COc2c3c(c(N(C)S(C)(=O)=O)c4cccnc24)CN(Cc2ccc(F)cc2N2C(=O)c4ccccc4C2=O)C3=O)cc1. The van der Waals surface area contributed by atoms with Gasteiger partial charge in [-0.25, -0.2) is 17.7 Å². The highest BCUT2D eigenvalue weighted by Crippen LogP contribution is 2.46. The minimum atomic E-state index is -3.80. The molecule has 0 aliphatic carbocycles. The molecule has 2 aliphatic rings. The number of carbonyl (C=O) groups excluding carboxylic acids is 3. The fraction of sp³-hybridized carbons (Fsp3) is 0.167. The van der Waals surface area contributed by atoms with Crippen LogP contribution in [0.25, 0.3) is 10.9 Å². The summed E-state index contributed by atoms with van der Waals surface area (Å²) < 4.78 is 53.2. The zero-order valence-corrected chi connectivity index (χ0v) is 27.5. The summed E-state index contributed by atoms with van der Waals surface area (Å²) in [6.45, 7) is -0.120. The Bertz CT molecular complexity index is 2280. The molecule has 11 nitrogen and oxygen atoms in total. The second-order valence-corrected chi connectivity index (χ2v) is 13.7. The van der Waals surface area contributed by atoms with Crippen molar-refractivity contribution in [1.29, 1.82) is 0 Å². The van der Waals surface area contributed by atoms with Crippen LogP contribution in [0.15, 0.2) is 85.1 Å². The Morgan fingerprint density at radius 2 is 1.61 bits per heavy atom. The van der Waals surface area contributed by atoms with Crippen molar-refractivity contribution >= 4 is 50.0 Å². The van der Waals surface area contributed by atoms with Crippen LogP contribution in [0.3, 0.4) is 0 Å². The molecule has 0 fully saturated rings. The number of hydrogen-bond donors (Lipinski definition) is 0. The van der Waals surface area contributed by atoms with E-state index in [-0.39, 0.29) is 53.5 Å². The lowest BCUT2D eigenvalue weighted by Gasteiger charge is -2.24. The van der Waals surface area contributed by atoms with E-state index in [9.17, 15) is 27.2 Å². The normalized spacial score (nSPS) is 14.0. The highest BCUT2D eigenvalue weighted by atomic mass is 32.2. The van der Waals surface area contributed by atoms with E-state index < -0.39 is 33.6 Å². The molecular formula is C36H29FN4O7S. The molecule has 0 N–H and O–H groups in total. The fourth-order valence-corrected chi connectivity index (χ4v) is 6.82. The molecule has 0 saturated heterocycles. The lowest BCUT2D eigenvalue weighted by Crippen LogP contribution is -2.32. The number of benzene rings is 4. The highest BCUT2D eigenvalue weighted by Gasteiger charge is 2.40. The minimum Gasteiger partial charge on any atom is -0.497 e. The van der Waals surface area contributed by atoms with Gasteiger partial charge in [0.05, 0.1) is 41.4 Å². The number of hydrogen-bond acceptors (Lipinski definition) is 8. The van der Waals surface area contributed by atoms with Crippen LogP contribution in [0.5, 0.6) is 11.5 Å². The van der Waals surface area contributed by atoms with Gasteiger partial charge in [-0.05, 0) is 59.7 Å². The molecule has 1 aromatic heterocycles. The maximum Gasteiger partial charge on any atom is 0.266 e. The molecule has 0 saturated carbocycles. The van der Waals surface area contributed by atoms with Crippen LogP contribution in [0, 0.1) is 5.82 Å². The number of aromatic nitrogens is 1. The molecule has 2 aliphatic heterocycles. The molecule has 0 atom stereocenters. The van der Waals surface area contributed by atoms with Gasteiger partial charge in [-0.1, -0.05) is 30.3 Å². The molecular weight excluding hydrogens is 651 g/mol. The first kappa shape index (κ1) is 31.8. The molecule has 0 spiro atoms. The van der Waals surface area contributed by atoms with Crippen molar-refractivity contribution in [1.82, 2.24) is 9.88 Å². The van der Waals surface area contributed by atoms with E-state index in [0.717, 1.165) is 27.1 Å². The van der Waals surface area contributed by atoms with Crippen molar-refractivity contribution in [3.05, 3.63) is 124 Å². The molecule has 49 heavy (non-hydrogen) atoms. The Labute approximate surface area is 281 Å². The zero-order valence-electron chi connectivity index (χ0n) is 26.6. The molecule has 3 heterocycles. The van der Waals surface area contributed by atoms with Gasteiger partial charge in [-0.2, -0.15) is 0 Å². The third kappa shape index (κ3) is 5.41. The number of fused-ring (bicyclic) bond motifs is 3. The average Bonchev–Trinajstić information content (AvgIpc) is 3.55. The van der Waals surface area contributed by atoms with E-state index in [4.69, 9.17) is 9.47 Å². The number of halogens is 1. The van der Waals surface area contributed by atoms with Crippen molar-refractivity contribution in [3.8, 4) is 11.5 Å². The lowest BCUT2D eigenvalue weighted by atomic mass is 10.0. The Hall–Kier alpha value is -5.82. The van der Waals surface area contributed by atoms with Gasteiger partial charge in [0.25, 0.3) is 17.7 Å². The molecule has 248 valence electrons. The molecule has 7 rings (SSSR count). The lowest BCUT2D eigenvalue weighted by molar-refractivity contribution is 0.0763. The van der Waals surface area contributed by atoms with Crippen molar-refractivity contribution in [3.63, 3.8) is 0 Å². The number of methoxy groups -OCH3 is 1. The molecule has 0 unspecified atom stereocenters. The summed E-state index contributed by atoms with van der Waals surface area (Å²) in [4.78, 5) is 48.0. The predicted molar refractivity (Wildman–Crippen MR) is 180 cm³/mol. The quantitative estimate of drug-likeness (QED) is 0.192. The Morgan fingerprint density at radius 3 is 2.27 bits per heavy atom. The van der Waals surface area contributed by atoms with Crippen LogP contribution in [0.2, 0.25) is 0 Å². The number of amides is 3. The summed E-state index contributed by atoms with van der Waals surface area (Å²) in [6, 6.07) is 20.6. The largest absolute Gasteiger partial charge is 0.497 e. The van der Waals surface area contributed by atoms with E-state index in [1.165, 1.54) is 42.4 Å². The van der Waals surface area contributed by atoms with Gasteiger partial charge >= 0.3 is 0 Å². The van der Waals surface area contributed by atoms with Gasteiger partial charge in [-0.3, -0.25) is 23.7 Å². The Kier molecular flexibility index (Phi) is 7.78. The Morgan fingerprint density at radius 1 is 0.918 bits per heavy atom. The van der Waals surface area contributed by atoms with Crippen molar-refractivity contribution in [2.45, 2.75) is 19.7 Å². The van der Waals surface area contributed by atoms with Crippen molar-refractivity contribution < 1.29 is 36.7 Å². The van der Waals surface area contributed by atoms with E-state index in [2.05, 4.69) is 4.98 Å². The maximum atomic E-state index is 14.7. The molecule has 5 aromatic rings. The monoisotopic (exact) mass is 680 g/mol. The van der Waals surface area contributed by atoms with Gasteiger partial charge in [-0.15, -0.1) is 0 Å². The smallest absolute Gasteiger partial charge is 0.266 e. The second-order valence-electron chi connectivity index (χ2n) is 11.7. The third-order valence-corrected chi connectivity index (χ3v) is 9.92. The van der Waals surface area contributed by atoms with Gasteiger partial charge < -0.3 is 14.4 Å². The van der Waals surface area contributed by atoms with Crippen LogP contribution in [-0.2, 0) is 29.7 Å². The number of sulfonamides is 1. The van der Waals surface area contributed by atoms with E-state index >= 15 is 0 Å². The summed E-state index contributed by atoms with van der Waals surface area (Å²) in [5.74, 6) is -1.53. The average molecular weight is 681 g/mol. The highest BCUT2D eigenvalue weighted by molar-refractivity contribution is 7.92. The summed E-state index contributed by atoms with van der Waals surface area (Å²) >= 11 is 0. The standard InChI is InChI=1S/C36H29FN4O7S/c1-39(49(3,45)46)32-27-9-6-16-38-31(27)33(48-20-21-10-14-24(47-2)15-11-21)30-28(32)19-40(36(30)44)18-22-12-13-23(37)17-29(22)41-34(42)25-7-4-5-8-26(25)35(41)43/h4-17H,18-20H2,1-3H3. The molecule has 4 aromatic carbocycles. The number of ether oxygens (including phenoxy) is 2. The van der Waals surface area contributed by atoms with Crippen molar-refractivity contribution in [2.75, 3.05) is 29.6 Å². The molecule has 13 heteroatoms. The van der Waals surface area contributed by atoms with Crippen LogP contribution in [0.1, 0.15) is 47.8 Å². The first-order chi connectivity index (χ1) is 23.5. The minimum absolute atomic E-state index is 0.00578. The van der Waals surface area contributed by atoms with Crippen LogP contribution in [0.4, 0.5) is 15.8 Å². The number of imide groups is 1.